The minimum atomic E-state index is -0.566. The Labute approximate surface area is 149 Å². The molecule has 122 valence electrons. The number of ether oxygens (including phenoxy) is 1. The molecule has 0 radical (unpaired) electrons. The molecular weight excluding hydrogens is 433 g/mol. The lowest BCUT2D eigenvalue weighted by Gasteiger charge is -2.06. The fourth-order valence-electron chi connectivity index (χ4n) is 1.98. The lowest BCUT2D eigenvalue weighted by atomic mass is 10.1. The summed E-state index contributed by atoms with van der Waals surface area (Å²) in [5, 5.41) is 9.33. The Morgan fingerprint density at radius 2 is 2.13 bits per heavy atom. The van der Waals surface area contributed by atoms with E-state index >= 15 is 0 Å². The molecule has 0 unspecified atom stereocenters. The summed E-state index contributed by atoms with van der Waals surface area (Å²) in [6, 6.07) is 0. The van der Waals surface area contributed by atoms with Crippen LogP contribution < -0.4 is 5.32 Å². The van der Waals surface area contributed by atoms with Crippen LogP contribution in [0.5, 0.6) is 0 Å². The molecule has 0 saturated heterocycles. The van der Waals surface area contributed by atoms with Crippen LogP contribution in [0, 0.1) is 10.5 Å². The van der Waals surface area contributed by atoms with Gasteiger partial charge in [-0.15, -0.1) is 11.3 Å². The molecule has 0 aromatic carbocycles. The third-order valence-corrected chi connectivity index (χ3v) is 5.12. The molecular formula is C14H14IN3O4S. The molecule has 0 spiro atoms. The van der Waals surface area contributed by atoms with Gasteiger partial charge in [-0.25, -0.2) is 4.79 Å². The first-order chi connectivity index (χ1) is 10.9. The van der Waals surface area contributed by atoms with E-state index in [0.717, 1.165) is 11.3 Å². The van der Waals surface area contributed by atoms with E-state index in [0.29, 0.717) is 19.0 Å². The van der Waals surface area contributed by atoms with Gasteiger partial charge in [-0.3, -0.25) is 14.7 Å². The molecule has 2 rings (SSSR count). The van der Waals surface area contributed by atoms with Crippen molar-refractivity contribution in [1.82, 2.24) is 10.2 Å². The van der Waals surface area contributed by atoms with E-state index < -0.39 is 11.9 Å². The number of rotatable bonds is 5. The normalized spacial score (nSPS) is 10.4. The Morgan fingerprint density at radius 1 is 1.43 bits per heavy atom. The number of halogens is 1. The molecule has 7 nitrogen and oxygen atoms in total. The Morgan fingerprint density at radius 3 is 2.65 bits per heavy atom. The first kappa shape index (κ1) is 17.6. The summed E-state index contributed by atoms with van der Waals surface area (Å²) in [5.41, 5.74) is 1.01. The summed E-state index contributed by atoms with van der Waals surface area (Å²) in [6.45, 7) is 4.97. The molecule has 0 saturated carbocycles. The summed E-state index contributed by atoms with van der Waals surface area (Å²) < 4.78 is 5.67. The second-order valence-electron chi connectivity index (χ2n) is 4.58. The molecule has 0 aliphatic rings. The van der Waals surface area contributed by atoms with Crippen LogP contribution in [0.4, 0.5) is 5.00 Å². The number of hydrogen-bond acceptors (Lipinski definition) is 6. The standard InChI is InChI=1S/C14H14IN3O4S/c1-4-22-14(21)9-6(2)11(7(3)19)23-13(9)17-12(20)10-8(15)5-16-18-10/h5H,4H2,1-3H3,(H,16,18)(H,17,20). The maximum absolute atomic E-state index is 12.3. The van der Waals surface area contributed by atoms with Gasteiger partial charge >= 0.3 is 5.97 Å². The zero-order valence-corrected chi connectivity index (χ0v) is 15.6. The number of ketones is 1. The van der Waals surface area contributed by atoms with Crippen LogP contribution in [0.25, 0.3) is 0 Å². The predicted octanol–water partition coefficient (Wildman–Crippen LogP) is 3.02. The van der Waals surface area contributed by atoms with Crippen molar-refractivity contribution in [3.63, 3.8) is 0 Å². The highest BCUT2D eigenvalue weighted by molar-refractivity contribution is 14.1. The number of H-pyrrole nitrogens is 1. The zero-order valence-electron chi connectivity index (χ0n) is 12.7. The second-order valence-corrected chi connectivity index (χ2v) is 6.77. The fraction of sp³-hybridized carbons (Fsp3) is 0.286. The number of thiophene rings is 1. The van der Waals surface area contributed by atoms with Crippen LogP contribution in [0.1, 0.15) is 49.9 Å². The largest absolute Gasteiger partial charge is 0.462 e. The zero-order chi connectivity index (χ0) is 17.1. The van der Waals surface area contributed by atoms with Crippen LogP contribution in [0.3, 0.4) is 0 Å². The summed E-state index contributed by atoms with van der Waals surface area (Å²) in [5.74, 6) is -1.17. The van der Waals surface area contributed by atoms with Gasteiger partial charge in [0.25, 0.3) is 5.91 Å². The smallest absolute Gasteiger partial charge is 0.341 e. The average Bonchev–Trinajstić information content (AvgIpc) is 3.03. The summed E-state index contributed by atoms with van der Waals surface area (Å²) in [4.78, 5) is 36.6. The third kappa shape index (κ3) is 3.61. The van der Waals surface area contributed by atoms with Crippen molar-refractivity contribution in [2.75, 3.05) is 11.9 Å². The molecule has 0 aliphatic heterocycles. The van der Waals surface area contributed by atoms with E-state index in [1.807, 2.05) is 22.6 Å². The fourth-order valence-corrected chi connectivity index (χ4v) is 3.57. The van der Waals surface area contributed by atoms with Crippen molar-refractivity contribution in [3.8, 4) is 0 Å². The van der Waals surface area contributed by atoms with Crippen LogP contribution in [0.15, 0.2) is 6.20 Å². The summed E-state index contributed by atoms with van der Waals surface area (Å²) in [6.07, 6.45) is 1.52. The van der Waals surface area contributed by atoms with E-state index in [2.05, 4.69) is 15.5 Å². The first-order valence-electron chi connectivity index (χ1n) is 6.68. The molecule has 2 N–H and O–H groups in total. The van der Waals surface area contributed by atoms with E-state index in [1.165, 1.54) is 13.1 Å². The van der Waals surface area contributed by atoms with Gasteiger partial charge in [-0.2, -0.15) is 5.10 Å². The number of esters is 1. The van der Waals surface area contributed by atoms with Gasteiger partial charge in [0.2, 0.25) is 0 Å². The number of nitrogens with zero attached hydrogens (tertiary/aromatic N) is 1. The molecule has 0 fully saturated rings. The van der Waals surface area contributed by atoms with Gasteiger partial charge in [0.05, 0.1) is 26.8 Å². The SMILES string of the molecule is CCOC(=O)c1c(NC(=O)c2[nH]ncc2I)sc(C(C)=O)c1C. The van der Waals surface area contributed by atoms with Crippen LogP contribution in [-0.2, 0) is 4.74 Å². The quantitative estimate of drug-likeness (QED) is 0.417. The minimum Gasteiger partial charge on any atom is -0.462 e. The molecule has 0 bridgehead atoms. The Hall–Kier alpha value is -1.75. The minimum absolute atomic E-state index is 0.172. The lowest BCUT2D eigenvalue weighted by Crippen LogP contribution is -2.16. The molecule has 2 aromatic rings. The topological polar surface area (TPSA) is 101 Å². The van der Waals surface area contributed by atoms with E-state index in [1.54, 1.807) is 13.8 Å². The number of hydrogen-bond donors (Lipinski definition) is 2. The van der Waals surface area contributed by atoms with Crippen molar-refractivity contribution in [1.29, 1.82) is 0 Å². The van der Waals surface area contributed by atoms with Gasteiger partial charge in [0, 0.05) is 0 Å². The molecule has 0 aliphatic carbocycles. The van der Waals surface area contributed by atoms with Gasteiger partial charge in [0.1, 0.15) is 10.7 Å². The van der Waals surface area contributed by atoms with Crippen molar-refractivity contribution in [2.24, 2.45) is 0 Å². The number of carbonyl (C=O) groups excluding carboxylic acids is 3. The van der Waals surface area contributed by atoms with Crippen molar-refractivity contribution in [3.05, 3.63) is 31.5 Å². The summed E-state index contributed by atoms with van der Waals surface area (Å²) in [7, 11) is 0. The van der Waals surface area contributed by atoms with Crippen molar-refractivity contribution >= 4 is 56.6 Å². The Balaban J connectivity index is 2.42. The first-order valence-corrected chi connectivity index (χ1v) is 8.58. The van der Waals surface area contributed by atoms with E-state index in [9.17, 15) is 14.4 Å². The number of anilines is 1. The van der Waals surface area contributed by atoms with Crippen LogP contribution in [-0.4, -0.2) is 34.5 Å². The Bertz CT molecular complexity index is 781. The number of aromatic nitrogens is 2. The Kier molecular flexibility index (Phi) is 5.52. The number of carbonyl (C=O) groups is 3. The monoisotopic (exact) mass is 447 g/mol. The molecule has 23 heavy (non-hydrogen) atoms. The molecule has 9 heteroatoms. The number of nitrogens with one attached hydrogen (secondary N) is 2. The van der Waals surface area contributed by atoms with Crippen molar-refractivity contribution < 1.29 is 19.1 Å². The second kappa shape index (κ2) is 7.21. The van der Waals surface area contributed by atoms with E-state index in [4.69, 9.17) is 4.74 Å². The maximum Gasteiger partial charge on any atom is 0.341 e. The van der Waals surface area contributed by atoms with Gasteiger partial charge < -0.3 is 10.1 Å². The third-order valence-electron chi connectivity index (χ3n) is 2.99. The summed E-state index contributed by atoms with van der Waals surface area (Å²) >= 11 is 3.04. The lowest BCUT2D eigenvalue weighted by molar-refractivity contribution is 0.0527. The molecule has 2 heterocycles. The van der Waals surface area contributed by atoms with Crippen molar-refractivity contribution in [2.45, 2.75) is 20.8 Å². The predicted molar refractivity (Wildman–Crippen MR) is 94.3 cm³/mol. The molecule has 0 atom stereocenters. The maximum atomic E-state index is 12.3. The van der Waals surface area contributed by atoms with Gasteiger partial charge in [0.15, 0.2) is 5.78 Å². The van der Waals surface area contributed by atoms with Gasteiger partial charge in [-0.1, -0.05) is 0 Å². The number of amides is 1. The van der Waals surface area contributed by atoms with Crippen LogP contribution >= 0.6 is 33.9 Å². The van der Waals surface area contributed by atoms with Gasteiger partial charge in [-0.05, 0) is 48.9 Å². The highest BCUT2D eigenvalue weighted by Crippen LogP contribution is 2.34. The highest BCUT2D eigenvalue weighted by atomic mass is 127. The number of aromatic amines is 1. The van der Waals surface area contributed by atoms with E-state index in [-0.39, 0.29) is 23.6 Å². The average molecular weight is 447 g/mol. The molecule has 2 aromatic heterocycles. The van der Waals surface area contributed by atoms with Crippen LogP contribution in [0.2, 0.25) is 0 Å². The number of Topliss-reactive ketones (excluding diaryl/α,β-unsaturated/α-hetero) is 1. The highest BCUT2D eigenvalue weighted by Gasteiger charge is 2.26. The molecule has 1 amide bonds.